The molecule has 0 saturated carbocycles. The number of nitrogens with zero attached hydrogens (tertiary/aromatic N) is 2. The Balaban J connectivity index is 1.80. The average molecular weight is 272 g/mol. The Hall–Kier alpha value is -1.81. The van der Waals surface area contributed by atoms with Crippen LogP contribution in [0.4, 0.5) is 0 Å². The second-order valence-corrected chi connectivity index (χ2v) is 5.58. The van der Waals surface area contributed by atoms with Crippen LogP contribution >= 0.6 is 0 Å². The molecule has 3 rings (SSSR count). The van der Waals surface area contributed by atoms with E-state index in [9.17, 15) is 5.11 Å². The minimum atomic E-state index is -0.736. The van der Waals surface area contributed by atoms with E-state index in [-0.39, 0.29) is 0 Å². The number of methoxy groups -OCH3 is 1. The number of aromatic nitrogens is 2. The van der Waals surface area contributed by atoms with Crippen LogP contribution in [-0.2, 0) is 25.5 Å². The minimum absolute atomic E-state index is 0.721. The molecule has 2 aromatic rings. The first-order valence-corrected chi connectivity index (χ1v) is 6.98. The van der Waals surface area contributed by atoms with Crippen LogP contribution in [-0.4, -0.2) is 22.0 Å². The van der Waals surface area contributed by atoms with Gasteiger partial charge in [0.25, 0.3) is 0 Å². The highest BCUT2D eigenvalue weighted by molar-refractivity contribution is 5.42. The zero-order valence-corrected chi connectivity index (χ0v) is 12.0. The van der Waals surface area contributed by atoms with Gasteiger partial charge in [0, 0.05) is 13.2 Å². The maximum absolute atomic E-state index is 10.9. The summed E-state index contributed by atoms with van der Waals surface area (Å²) >= 11 is 0. The van der Waals surface area contributed by atoms with Crippen molar-refractivity contribution in [2.75, 3.05) is 7.11 Å². The van der Waals surface area contributed by atoms with Crippen molar-refractivity contribution < 1.29 is 9.84 Å². The SMILES string of the molecule is COc1ccc2c(c1)C(O)(CCc1cnn(C)c1)CC2. The Morgan fingerprint density at radius 1 is 1.45 bits per heavy atom. The number of rotatable bonds is 4. The van der Waals surface area contributed by atoms with Crippen LogP contribution < -0.4 is 4.74 Å². The Labute approximate surface area is 119 Å². The normalized spacial score (nSPS) is 20.9. The molecule has 1 atom stereocenters. The molecule has 1 aromatic heterocycles. The Morgan fingerprint density at radius 2 is 2.30 bits per heavy atom. The van der Waals surface area contributed by atoms with Gasteiger partial charge in [-0.15, -0.1) is 0 Å². The summed E-state index contributed by atoms with van der Waals surface area (Å²) in [5.41, 5.74) is 2.69. The van der Waals surface area contributed by atoms with Crippen LogP contribution in [0.1, 0.15) is 29.5 Å². The van der Waals surface area contributed by atoms with E-state index in [0.29, 0.717) is 0 Å². The average Bonchev–Trinajstić information content (AvgIpc) is 3.01. The minimum Gasteiger partial charge on any atom is -0.497 e. The van der Waals surface area contributed by atoms with Crippen LogP contribution in [0.15, 0.2) is 30.6 Å². The Morgan fingerprint density at radius 3 is 3.00 bits per heavy atom. The lowest BCUT2D eigenvalue weighted by atomic mass is 9.89. The lowest BCUT2D eigenvalue weighted by Crippen LogP contribution is -2.23. The van der Waals surface area contributed by atoms with Gasteiger partial charge in [-0.3, -0.25) is 4.68 Å². The molecular weight excluding hydrogens is 252 g/mol. The molecule has 0 amide bonds. The molecule has 20 heavy (non-hydrogen) atoms. The molecular formula is C16H20N2O2. The largest absolute Gasteiger partial charge is 0.497 e. The van der Waals surface area contributed by atoms with Crippen molar-refractivity contribution in [3.05, 3.63) is 47.3 Å². The van der Waals surface area contributed by atoms with Crippen LogP contribution in [0.2, 0.25) is 0 Å². The quantitative estimate of drug-likeness (QED) is 0.928. The fourth-order valence-corrected chi connectivity index (χ4v) is 3.02. The maximum atomic E-state index is 10.9. The summed E-state index contributed by atoms with van der Waals surface area (Å²) in [6, 6.07) is 6.01. The second kappa shape index (κ2) is 4.94. The lowest BCUT2D eigenvalue weighted by Gasteiger charge is -2.24. The molecule has 4 nitrogen and oxygen atoms in total. The van der Waals surface area contributed by atoms with Crippen molar-refractivity contribution in [2.24, 2.45) is 7.05 Å². The molecule has 1 unspecified atom stereocenters. The number of aliphatic hydroxyl groups is 1. The predicted octanol–water partition coefficient (Wildman–Crippen LogP) is 2.20. The van der Waals surface area contributed by atoms with E-state index in [1.54, 1.807) is 11.8 Å². The fraction of sp³-hybridized carbons (Fsp3) is 0.438. The van der Waals surface area contributed by atoms with Gasteiger partial charge < -0.3 is 9.84 Å². The summed E-state index contributed by atoms with van der Waals surface area (Å²) < 4.78 is 7.07. The number of hydrogen-bond donors (Lipinski definition) is 1. The van der Waals surface area contributed by atoms with Crippen molar-refractivity contribution in [3.8, 4) is 5.75 Å². The first kappa shape index (κ1) is 13.2. The van der Waals surface area contributed by atoms with E-state index >= 15 is 0 Å². The highest BCUT2D eigenvalue weighted by atomic mass is 16.5. The molecule has 1 N–H and O–H groups in total. The van der Waals surface area contributed by atoms with Gasteiger partial charge in [0.1, 0.15) is 5.75 Å². The third-order valence-electron chi connectivity index (χ3n) is 4.21. The van der Waals surface area contributed by atoms with Gasteiger partial charge in [-0.2, -0.15) is 5.10 Å². The molecule has 0 fully saturated rings. The Bertz CT molecular complexity index is 621. The van der Waals surface area contributed by atoms with Crippen LogP contribution in [0.3, 0.4) is 0 Å². The highest BCUT2D eigenvalue weighted by Crippen LogP contribution is 2.41. The number of benzene rings is 1. The van der Waals surface area contributed by atoms with E-state index in [1.807, 2.05) is 31.6 Å². The van der Waals surface area contributed by atoms with Crippen LogP contribution in [0, 0.1) is 0 Å². The van der Waals surface area contributed by atoms with E-state index in [2.05, 4.69) is 11.2 Å². The van der Waals surface area contributed by atoms with Crippen LogP contribution in [0.25, 0.3) is 0 Å². The van der Waals surface area contributed by atoms with E-state index in [0.717, 1.165) is 42.6 Å². The first-order chi connectivity index (χ1) is 9.60. The molecule has 0 aliphatic heterocycles. The molecule has 1 heterocycles. The van der Waals surface area contributed by atoms with Crippen LogP contribution in [0.5, 0.6) is 5.75 Å². The highest BCUT2D eigenvalue weighted by Gasteiger charge is 2.36. The van der Waals surface area contributed by atoms with Crippen molar-refractivity contribution >= 4 is 0 Å². The molecule has 1 aliphatic rings. The van der Waals surface area contributed by atoms with E-state index in [4.69, 9.17) is 4.74 Å². The second-order valence-electron chi connectivity index (χ2n) is 5.58. The molecule has 4 heteroatoms. The third kappa shape index (κ3) is 2.31. The van der Waals surface area contributed by atoms with Crippen molar-refractivity contribution in [2.45, 2.75) is 31.3 Å². The van der Waals surface area contributed by atoms with Crippen molar-refractivity contribution in [3.63, 3.8) is 0 Å². The molecule has 1 aromatic carbocycles. The molecule has 0 bridgehead atoms. The number of ether oxygens (including phenoxy) is 1. The van der Waals surface area contributed by atoms with Gasteiger partial charge in [0.15, 0.2) is 0 Å². The number of fused-ring (bicyclic) bond motifs is 1. The molecule has 0 saturated heterocycles. The predicted molar refractivity (Wildman–Crippen MR) is 76.7 cm³/mol. The van der Waals surface area contributed by atoms with Gasteiger partial charge >= 0.3 is 0 Å². The summed E-state index contributed by atoms with van der Waals surface area (Å²) in [6.45, 7) is 0. The zero-order valence-electron chi connectivity index (χ0n) is 12.0. The monoisotopic (exact) mass is 272 g/mol. The molecule has 106 valence electrons. The summed E-state index contributed by atoms with van der Waals surface area (Å²) in [6.07, 6.45) is 7.15. The van der Waals surface area contributed by atoms with Gasteiger partial charge in [-0.25, -0.2) is 0 Å². The zero-order chi connectivity index (χ0) is 14.2. The fourth-order valence-electron chi connectivity index (χ4n) is 3.02. The Kier molecular flexibility index (Phi) is 3.26. The topological polar surface area (TPSA) is 47.3 Å². The summed E-state index contributed by atoms with van der Waals surface area (Å²) in [5.74, 6) is 0.811. The molecule has 0 radical (unpaired) electrons. The van der Waals surface area contributed by atoms with Crippen molar-refractivity contribution in [1.82, 2.24) is 9.78 Å². The van der Waals surface area contributed by atoms with E-state index in [1.165, 1.54) is 5.56 Å². The summed E-state index contributed by atoms with van der Waals surface area (Å²) in [7, 11) is 3.57. The van der Waals surface area contributed by atoms with E-state index < -0.39 is 5.60 Å². The summed E-state index contributed by atoms with van der Waals surface area (Å²) in [4.78, 5) is 0. The lowest BCUT2D eigenvalue weighted by molar-refractivity contribution is 0.0296. The number of aryl methyl sites for hydroxylation is 3. The first-order valence-electron chi connectivity index (χ1n) is 6.98. The van der Waals surface area contributed by atoms with Crippen molar-refractivity contribution in [1.29, 1.82) is 0 Å². The van der Waals surface area contributed by atoms with Gasteiger partial charge in [0.05, 0.1) is 18.9 Å². The summed E-state index contributed by atoms with van der Waals surface area (Å²) in [5, 5.41) is 15.1. The molecule has 1 aliphatic carbocycles. The van der Waals surface area contributed by atoms with Gasteiger partial charge in [-0.1, -0.05) is 6.07 Å². The standard InChI is InChI=1S/C16H20N2O2/c1-18-11-12(10-17-18)5-7-16(19)8-6-13-3-4-14(20-2)9-15(13)16/h3-4,9-11,19H,5-8H2,1-2H3. The van der Waals surface area contributed by atoms with Gasteiger partial charge in [-0.05, 0) is 54.5 Å². The maximum Gasteiger partial charge on any atom is 0.119 e. The van der Waals surface area contributed by atoms with Gasteiger partial charge in [0.2, 0.25) is 0 Å². The molecule has 0 spiro atoms. The third-order valence-corrected chi connectivity index (χ3v) is 4.21. The smallest absolute Gasteiger partial charge is 0.119 e. The number of hydrogen-bond acceptors (Lipinski definition) is 3.